The van der Waals surface area contributed by atoms with E-state index in [0.717, 1.165) is 43.9 Å². The summed E-state index contributed by atoms with van der Waals surface area (Å²) in [5, 5.41) is 3.60. The Morgan fingerprint density at radius 2 is 1.90 bits per heavy atom. The third-order valence-corrected chi connectivity index (χ3v) is 6.35. The molecule has 3 aromatic rings. The zero-order valence-electron chi connectivity index (χ0n) is 17.1. The summed E-state index contributed by atoms with van der Waals surface area (Å²) in [5.41, 5.74) is 1.13. The maximum atomic E-state index is 5.85. The highest BCUT2D eigenvalue weighted by Gasteiger charge is 2.42. The smallest absolute Gasteiger partial charge is 0.195 e. The lowest BCUT2D eigenvalue weighted by molar-refractivity contribution is 0.0304. The second-order valence-electron chi connectivity index (χ2n) is 8.32. The molecular weight excluding hydrogens is 378 g/mol. The molecule has 0 aromatic carbocycles. The van der Waals surface area contributed by atoms with Crippen LogP contribution in [-0.2, 0) is 11.3 Å². The number of anilines is 1. The number of likely N-dealkylation sites (tertiary alicyclic amines) is 1. The van der Waals surface area contributed by atoms with Crippen molar-refractivity contribution in [3.63, 3.8) is 0 Å². The van der Waals surface area contributed by atoms with Gasteiger partial charge in [0.05, 0.1) is 18.4 Å². The number of hydrogen-bond donors (Lipinski definition) is 1. The molecule has 3 aromatic heterocycles. The normalized spacial score (nSPS) is 26.4. The van der Waals surface area contributed by atoms with Gasteiger partial charge in [0.1, 0.15) is 5.82 Å². The SMILES string of the molecule is CO[C@@H]1C[C@H]2CN(Cc3cnc(-c4ccco4)nc3)C[C@H]2C[C@H]1Nc1ccccn1. The Hall–Kier alpha value is -2.77. The Morgan fingerprint density at radius 1 is 1.07 bits per heavy atom. The van der Waals surface area contributed by atoms with Crippen molar-refractivity contribution in [2.75, 3.05) is 25.5 Å². The molecule has 4 atom stereocenters. The Labute approximate surface area is 176 Å². The first-order valence-corrected chi connectivity index (χ1v) is 10.6. The van der Waals surface area contributed by atoms with Gasteiger partial charge in [0, 0.05) is 50.9 Å². The van der Waals surface area contributed by atoms with Crippen LogP contribution in [0.1, 0.15) is 18.4 Å². The van der Waals surface area contributed by atoms with Gasteiger partial charge in [-0.3, -0.25) is 4.90 Å². The van der Waals surface area contributed by atoms with E-state index in [1.165, 1.54) is 0 Å². The Balaban J connectivity index is 1.21. The predicted molar refractivity (Wildman–Crippen MR) is 114 cm³/mol. The number of rotatable bonds is 6. The molecule has 156 valence electrons. The topological polar surface area (TPSA) is 76.3 Å². The van der Waals surface area contributed by atoms with Crippen LogP contribution in [0.15, 0.2) is 59.6 Å². The fraction of sp³-hybridized carbons (Fsp3) is 0.435. The summed E-state index contributed by atoms with van der Waals surface area (Å²) < 4.78 is 11.2. The minimum Gasteiger partial charge on any atom is -0.461 e. The van der Waals surface area contributed by atoms with Gasteiger partial charge in [0.15, 0.2) is 11.6 Å². The molecule has 2 fully saturated rings. The van der Waals surface area contributed by atoms with Gasteiger partial charge in [-0.25, -0.2) is 15.0 Å². The average Bonchev–Trinajstić information content (AvgIpc) is 3.44. The quantitative estimate of drug-likeness (QED) is 0.673. The predicted octanol–water partition coefficient (Wildman–Crippen LogP) is 3.47. The van der Waals surface area contributed by atoms with E-state index in [4.69, 9.17) is 9.15 Å². The molecule has 2 aliphatic rings. The van der Waals surface area contributed by atoms with Gasteiger partial charge in [-0.15, -0.1) is 0 Å². The Morgan fingerprint density at radius 3 is 2.60 bits per heavy atom. The summed E-state index contributed by atoms with van der Waals surface area (Å²) >= 11 is 0. The van der Waals surface area contributed by atoms with Crippen molar-refractivity contribution in [2.45, 2.75) is 31.5 Å². The zero-order valence-corrected chi connectivity index (χ0v) is 17.1. The molecule has 0 bridgehead atoms. The summed E-state index contributed by atoms with van der Waals surface area (Å²) in [7, 11) is 1.82. The van der Waals surface area contributed by atoms with Crippen LogP contribution in [0.2, 0.25) is 0 Å². The number of pyridine rings is 1. The summed E-state index contributed by atoms with van der Waals surface area (Å²) in [4.78, 5) is 15.9. The number of nitrogens with one attached hydrogen (secondary N) is 1. The maximum Gasteiger partial charge on any atom is 0.195 e. The number of ether oxygens (including phenoxy) is 1. The number of aromatic nitrogens is 3. The first kappa shape index (κ1) is 19.2. The number of nitrogens with zero attached hydrogens (tertiary/aromatic N) is 4. The Kier molecular flexibility index (Phi) is 5.46. The summed E-state index contributed by atoms with van der Waals surface area (Å²) in [6.07, 6.45) is 9.69. The van der Waals surface area contributed by atoms with Crippen LogP contribution < -0.4 is 5.32 Å². The monoisotopic (exact) mass is 405 g/mol. The van der Waals surface area contributed by atoms with Crippen molar-refractivity contribution in [3.8, 4) is 11.6 Å². The second-order valence-corrected chi connectivity index (χ2v) is 8.32. The van der Waals surface area contributed by atoms with Crippen LogP contribution >= 0.6 is 0 Å². The molecular formula is C23H27N5O2. The van der Waals surface area contributed by atoms with Gasteiger partial charge in [-0.1, -0.05) is 6.07 Å². The minimum atomic E-state index is 0.212. The lowest BCUT2D eigenvalue weighted by atomic mass is 9.77. The zero-order chi connectivity index (χ0) is 20.3. The lowest BCUT2D eigenvalue weighted by Crippen LogP contribution is -2.44. The number of furan rings is 1. The van der Waals surface area contributed by atoms with E-state index in [-0.39, 0.29) is 6.10 Å². The molecule has 1 aliphatic heterocycles. The van der Waals surface area contributed by atoms with Gasteiger partial charge >= 0.3 is 0 Å². The molecule has 30 heavy (non-hydrogen) atoms. The molecule has 1 aliphatic carbocycles. The average molecular weight is 406 g/mol. The van der Waals surface area contributed by atoms with Crippen LogP contribution in [0.3, 0.4) is 0 Å². The van der Waals surface area contributed by atoms with E-state index in [1.807, 2.05) is 56.0 Å². The van der Waals surface area contributed by atoms with Gasteiger partial charge in [-0.2, -0.15) is 0 Å². The Bertz CT molecular complexity index is 932. The fourth-order valence-electron chi connectivity index (χ4n) is 4.92. The molecule has 1 saturated carbocycles. The fourth-order valence-corrected chi connectivity index (χ4v) is 4.92. The maximum absolute atomic E-state index is 5.85. The third kappa shape index (κ3) is 4.08. The van der Waals surface area contributed by atoms with Crippen molar-refractivity contribution in [3.05, 3.63) is 60.7 Å². The van der Waals surface area contributed by atoms with Crippen LogP contribution in [0.4, 0.5) is 5.82 Å². The summed E-state index contributed by atoms with van der Waals surface area (Å²) in [6, 6.07) is 9.99. The molecule has 0 spiro atoms. The molecule has 0 amide bonds. The van der Waals surface area contributed by atoms with Gasteiger partial charge < -0.3 is 14.5 Å². The first-order chi connectivity index (χ1) is 14.8. The van der Waals surface area contributed by atoms with E-state index in [1.54, 1.807) is 6.26 Å². The van der Waals surface area contributed by atoms with E-state index in [9.17, 15) is 0 Å². The largest absolute Gasteiger partial charge is 0.461 e. The third-order valence-electron chi connectivity index (χ3n) is 6.35. The second kappa shape index (κ2) is 8.53. The molecule has 0 unspecified atom stereocenters. The van der Waals surface area contributed by atoms with E-state index < -0.39 is 0 Å². The van der Waals surface area contributed by atoms with Crippen molar-refractivity contribution >= 4 is 5.82 Å². The standard InChI is InChI=1S/C23H27N5O2/c1-29-21-10-18-15-28(13-16-11-25-23(26-12-16)20-5-4-8-30-20)14-17(18)9-19(21)27-22-6-2-3-7-24-22/h2-8,11-12,17-19,21H,9-10,13-15H2,1H3,(H,24,27)/t17-,18+,19-,21-/m1/s1. The van der Waals surface area contributed by atoms with E-state index in [2.05, 4.69) is 25.2 Å². The summed E-state index contributed by atoms with van der Waals surface area (Å²) in [5.74, 6) is 3.59. The van der Waals surface area contributed by atoms with Crippen LogP contribution in [0, 0.1) is 11.8 Å². The van der Waals surface area contributed by atoms with E-state index >= 15 is 0 Å². The van der Waals surface area contributed by atoms with Crippen molar-refractivity contribution in [1.82, 2.24) is 19.9 Å². The van der Waals surface area contributed by atoms with Crippen LogP contribution in [0.25, 0.3) is 11.6 Å². The van der Waals surface area contributed by atoms with E-state index in [0.29, 0.717) is 29.5 Å². The molecule has 5 rings (SSSR count). The molecule has 4 heterocycles. The van der Waals surface area contributed by atoms with Gasteiger partial charge in [-0.05, 0) is 48.9 Å². The summed E-state index contributed by atoms with van der Waals surface area (Å²) in [6.45, 7) is 3.07. The first-order valence-electron chi connectivity index (χ1n) is 10.6. The molecule has 1 saturated heterocycles. The highest BCUT2D eigenvalue weighted by molar-refractivity contribution is 5.45. The number of methoxy groups -OCH3 is 1. The van der Waals surface area contributed by atoms with Crippen molar-refractivity contribution in [1.29, 1.82) is 0 Å². The molecule has 7 heteroatoms. The lowest BCUT2D eigenvalue weighted by Gasteiger charge is -2.37. The number of fused-ring (bicyclic) bond motifs is 1. The van der Waals surface area contributed by atoms with Crippen LogP contribution in [-0.4, -0.2) is 52.2 Å². The van der Waals surface area contributed by atoms with Crippen LogP contribution in [0.5, 0.6) is 0 Å². The number of hydrogen-bond acceptors (Lipinski definition) is 7. The molecule has 7 nitrogen and oxygen atoms in total. The van der Waals surface area contributed by atoms with Crippen molar-refractivity contribution in [2.24, 2.45) is 11.8 Å². The van der Waals surface area contributed by atoms with Crippen molar-refractivity contribution < 1.29 is 9.15 Å². The van der Waals surface area contributed by atoms with Gasteiger partial charge in [0.2, 0.25) is 0 Å². The molecule has 0 radical (unpaired) electrons. The highest BCUT2D eigenvalue weighted by Crippen LogP contribution is 2.38. The minimum absolute atomic E-state index is 0.212. The highest BCUT2D eigenvalue weighted by atomic mass is 16.5. The van der Waals surface area contributed by atoms with Gasteiger partial charge in [0.25, 0.3) is 0 Å². The molecule has 1 N–H and O–H groups in total.